The van der Waals surface area contributed by atoms with E-state index in [9.17, 15) is 4.79 Å². The summed E-state index contributed by atoms with van der Waals surface area (Å²) >= 11 is 1.63. The lowest BCUT2D eigenvalue weighted by Crippen LogP contribution is -2.41. The molecule has 0 radical (unpaired) electrons. The molecule has 2 heterocycles. The quantitative estimate of drug-likeness (QED) is 0.762. The molecule has 0 saturated carbocycles. The smallest absolute Gasteiger partial charge is 0.195 e. The van der Waals surface area contributed by atoms with Crippen LogP contribution in [0.25, 0.3) is 10.1 Å². The maximum Gasteiger partial charge on any atom is 0.195 e. The average molecular weight is 260 g/mol. The number of ketones is 1. The first kappa shape index (κ1) is 11.9. The highest BCUT2D eigenvalue weighted by Crippen LogP contribution is 2.32. The summed E-state index contributed by atoms with van der Waals surface area (Å²) in [5.41, 5.74) is 0.183. The van der Waals surface area contributed by atoms with E-state index in [-0.39, 0.29) is 5.78 Å². The maximum absolute atomic E-state index is 12.7. The molecule has 0 aliphatic carbocycles. The summed E-state index contributed by atoms with van der Waals surface area (Å²) in [7, 11) is 0. The number of hydrogen-bond acceptors (Lipinski definition) is 3. The SMILES string of the molecule is CC1(C(=O)c2cccc3ccsc23)CCCCO1. The van der Waals surface area contributed by atoms with E-state index < -0.39 is 5.60 Å². The summed E-state index contributed by atoms with van der Waals surface area (Å²) in [5, 5.41) is 3.18. The molecule has 1 aliphatic heterocycles. The van der Waals surface area contributed by atoms with Crippen LogP contribution in [-0.2, 0) is 4.74 Å². The van der Waals surface area contributed by atoms with Crippen molar-refractivity contribution in [1.82, 2.24) is 0 Å². The molecule has 3 rings (SSSR count). The van der Waals surface area contributed by atoms with Gasteiger partial charge in [0, 0.05) is 16.9 Å². The van der Waals surface area contributed by atoms with Crippen LogP contribution in [0.2, 0.25) is 0 Å². The van der Waals surface area contributed by atoms with Crippen LogP contribution < -0.4 is 0 Å². The first-order valence-corrected chi connectivity index (χ1v) is 7.24. The van der Waals surface area contributed by atoms with Gasteiger partial charge in [-0.05, 0) is 49.1 Å². The molecule has 1 aromatic carbocycles. The van der Waals surface area contributed by atoms with Gasteiger partial charge in [-0.3, -0.25) is 4.79 Å². The summed E-state index contributed by atoms with van der Waals surface area (Å²) in [5.74, 6) is 0.134. The van der Waals surface area contributed by atoms with E-state index in [1.165, 1.54) is 0 Å². The summed E-state index contributed by atoms with van der Waals surface area (Å²) in [4.78, 5) is 12.7. The van der Waals surface area contributed by atoms with Gasteiger partial charge in [0.05, 0.1) is 0 Å². The van der Waals surface area contributed by atoms with Crippen LogP contribution in [0, 0.1) is 0 Å². The van der Waals surface area contributed by atoms with Crippen LogP contribution in [0.4, 0.5) is 0 Å². The molecule has 1 unspecified atom stereocenters. The molecule has 18 heavy (non-hydrogen) atoms. The monoisotopic (exact) mass is 260 g/mol. The van der Waals surface area contributed by atoms with Crippen molar-refractivity contribution >= 4 is 27.2 Å². The van der Waals surface area contributed by atoms with E-state index in [1.54, 1.807) is 11.3 Å². The topological polar surface area (TPSA) is 26.3 Å². The van der Waals surface area contributed by atoms with Gasteiger partial charge in [-0.25, -0.2) is 0 Å². The van der Waals surface area contributed by atoms with Gasteiger partial charge >= 0.3 is 0 Å². The fourth-order valence-corrected chi connectivity index (χ4v) is 3.48. The van der Waals surface area contributed by atoms with Crippen molar-refractivity contribution in [2.75, 3.05) is 6.61 Å². The number of hydrogen-bond donors (Lipinski definition) is 0. The molecule has 0 spiro atoms. The van der Waals surface area contributed by atoms with E-state index in [0.717, 1.165) is 34.9 Å². The van der Waals surface area contributed by atoms with Crippen LogP contribution in [0.15, 0.2) is 29.6 Å². The van der Waals surface area contributed by atoms with E-state index in [0.29, 0.717) is 6.61 Å². The molecule has 94 valence electrons. The minimum absolute atomic E-state index is 0.134. The number of rotatable bonds is 2. The lowest BCUT2D eigenvalue weighted by Gasteiger charge is -2.32. The van der Waals surface area contributed by atoms with Gasteiger partial charge in [0.1, 0.15) is 5.60 Å². The Balaban J connectivity index is 2.03. The Morgan fingerprint density at radius 3 is 3.00 bits per heavy atom. The first-order chi connectivity index (χ1) is 8.71. The highest BCUT2D eigenvalue weighted by atomic mass is 32.1. The molecule has 2 aromatic rings. The number of ether oxygens (including phenoxy) is 1. The zero-order valence-corrected chi connectivity index (χ0v) is 11.3. The predicted octanol–water partition coefficient (Wildman–Crippen LogP) is 4.04. The van der Waals surface area contributed by atoms with E-state index in [2.05, 4.69) is 6.07 Å². The lowest BCUT2D eigenvalue weighted by atomic mass is 9.87. The maximum atomic E-state index is 12.7. The van der Waals surface area contributed by atoms with Gasteiger partial charge in [0.15, 0.2) is 5.78 Å². The number of carbonyl (C=O) groups excluding carboxylic acids is 1. The average Bonchev–Trinajstić information content (AvgIpc) is 2.87. The van der Waals surface area contributed by atoms with Crippen LogP contribution in [0.5, 0.6) is 0 Å². The molecule has 1 aromatic heterocycles. The molecule has 1 fully saturated rings. The minimum Gasteiger partial charge on any atom is -0.367 e. The Bertz CT molecular complexity index is 579. The van der Waals surface area contributed by atoms with Gasteiger partial charge in [-0.15, -0.1) is 11.3 Å². The van der Waals surface area contributed by atoms with Crippen LogP contribution in [-0.4, -0.2) is 18.0 Å². The molecule has 1 atom stereocenters. The minimum atomic E-state index is -0.628. The Morgan fingerprint density at radius 1 is 1.33 bits per heavy atom. The summed E-state index contributed by atoms with van der Waals surface area (Å²) in [6.45, 7) is 2.63. The molecule has 2 nitrogen and oxygen atoms in total. The third-order valence-electron chi connectivity index (χ3n) is 3.67. The van der Waals surface area contributed by atoms with Crippen molar-refractivity contribution in [3.63, 3.8) is 0 Å². The van der Waals surface area contributed by atoms with Crippen molar-refractivity contribution in [2.24, 2.45) is 0 Å². The number of fused-ring (bicyclic) bond motifs is 1. The number of thiophene rings is 1. The number of carbonyl (C=O) groups is 1. The van der Waals surface area contributed by atoms with Crippen molar-refractivity contribution < 1.29 is 9.53 Å². The van der Waals surface area contributed by atoms with Crippen molar-refractivity contribution in [1.29, 1.82) is 0 Å². The molecular weight excluding hydrogens is 244 g/mol. The van der Waals surface area contributed by atoms with Gasteiger partial charge in [-0.1, -0.05) is 12.1 Å². The molecule has 0 amide bonds. The van der Waals surface area contributed by atoms with Crippen LogP contribution in [0.3, 0.4) is 0 Å². The fraction of sp³-hybridized carbons (Fsp3) is 0.400. The Kier molecular flexibility index (Phi) is 2.96. The van der Waals surface area contributed by atoms with Gasteiger partial charge < -0.3 is 4.74 Å². The van der Waals surface area contributed by atoms with Gasteiger partial charge in [0.25, 0.3) is 0 Å². The fourth-order valence-electron chi connectivity index (χ4n) is 2.57. The normalized spacial score (nSPS) is 24.3. The number of Topliss-reactive ketones (excluding diaryl/α,β-unsaturated/α-hetero) is 1. The molecular formula is C15H16O2S. The standard InChI is InChI=1S/C15H16O2S/c1-15(8-2-3-9-17-15)14(16)12-6-4-5-11-7-10-18-13(11)12/h4-7,10H,2-3,8-9H2,1H3. The van der Waals surface area contributed by atoms with Gasteiger partial charge in [0.2, 0.25) is 0 Å². The Morgan fingerprint density at radius 2 is 2.22 bits per heavy atom. The first-order valence-electron chi connectivity index (χ1n) is 6.36. The van der Waals surface area contributed by atoms with Crippen molar-refractivity contribution in [3.05, 3.63) is 35.2 Å². The largest absolute Gasteiger partial charge is 0.367 e. The number of benzene rings is 1. The summed E-state index contributed by atoms with van der Waals surface area (Å²) in [6.07, 6.45) is 2.96. The molecule has 1 saturated heterocycles. The third-order valence-corrected chi connectivity index (χ3v) is 4.64. The summed E-state index contributed by atoms with van der Waals surface area (Å²) in [6, 6.07) is 7.98. The molecule has 1 aliphatic rings. The van der Waals surface area contributed by atoms with Crippen molar-refractivity contribution in [2.45, 2.75) is 31.8 Å². The van der Waals surface area contributed by atoms with E-state index in [4.69, 9.17) is 4.74 Å². The Hall–Kier alpha value is -1.19. The van der Waals surface area contributed by atoms with E-state index >= 15 is 0 Å². The zero-order chi connectivity index (χ0) is 12.6. The van der Waals surface area contributed by atoms with Crippen LogP contribution in [0.1, 0.15) is 36.5 Å². The third kappa shape index (κ3) is 1.88. The highest BCUT2D eigenvalue weighted by molar-refractivity contribution is 7.17. The predicted molar refractivity (Wildman–Crippen MR) is 74.4 cm³/mol. The van der Waals surface area contributed by atoms with Crippen molar-refractivity contribution in [3.8, 4) is 0 Å². The van der Waals surface area contributed by atoms with Gasteiger partial charge in [-0.2, -0.15) is 0 Å². The molecule has 3 heteroatoms. The lowest BCUT2D eigenvalue weighted by molar-refractivity contribution is -0.0425. The Labute approximate surface area is 111 Å². The zero-order valence-electron chi connectivity index (χ0n) is 10.4. The summed E-state index contributed by atoms with van der Waals surface area (Å²) < 4.78 is 6.84. The second kappa shape index (κ2) is 4.48. The second-order valence-corrected chi connectivity index (χ2v) is 5.93. The highest BCUT2D eigenvalue weighted by Gasteiger charge is 2.37. The molecule has 0 N–H and O–H groups in total. The van der Waals surface area contributed by atoms with E-state index in [1.807, 2.05) is 30.5 Å². The van der Waals surface area contributed by atoms with Crippen LogP contribution >= 0.6 is 11.3 Å². The molecule has 0 bridgehead atoms. The second-order valence-electron chi connectivity index (χ2n) is 5.01.